The first-order valence-corrected chi connectivity index (χ1v) is 5.48. The Morgan fingerprint density at radius 1 is 0.895 bits per heavy atom. The quantitative estimate of drug-likeness (QED) is 0.330. The van der Waals surface area contributed by atoms with Crippen molar-refractivity contribution in [2.45, 2.75) is 0 Å². The van der Waals surface area contributed by atoms with Gasteiger partial charge in [-0.3, -0.25) is 10.4 Å². The van der Waals surface area contributed by atoms with Crippen LogP contribution in [0.1, 0.15) is 0 Å². The summed E-state index contributed by atoms with van der Waals surface area (Å²) in [4.78, 5) is 11.4. The summed E-state index contributed by atoms with van der Waals surface area (Å²) in [5, 5.41) is 1.65. The molecule has 0 aliphatic carbocycles. The van der Waals surface area contributed by atoms with E-state index >= 15 is 0 Å². The molecule has 2 rings (SSSR count). The SMILES string of the molecule is NNC(=O)NN(c1ccccc1)c1ccccc1.[SnH2]. The molecule has 19 heavy (non-hydrogen) atoms. The number of carbonyl (C=O) groups excluding carboxylic acids is 1. The van der Waals surface area contributed by atoms with Crippen LogP contribution in [0.15, 0.2) is 60.7 Å². The van der Waals surface area contributed by atoms with Gasteiger partial charge in [-0.25, -0.2) is 16.1 Å². The molecule has 0 unspecified atom stereocenters. The Kier molecular flexibility index (Phi) is 6.17. The van der Waals surface area contributed by atoms with Crippen molar-refractivity contribution in [3.8, 4) is 0 Å². The number of amides is 2. The molecule has 0 fully saturated rings. The van der Waals surface area contributed by atoms with Crippen LogP contribution in [0, 0.1) is 0 Å². The first-order chi connectivity index (χ1) is 8.81. The van der Waals surface area contributed by atoms with Gasteiger partial charge in [0, 0.05) is 0 Å². The molecule has 0 saturated carbocycles. The van der Waals surface area contributed by atoms with Gasteiger partial charge in [0.1, 0.15) is 0 Å². The van der Waals surface area contributed by atoms with E-state index in [9.17, 15) is 4.79 Å². The van der Waals surface area contributed by atoms with Gasteiger partial charge in [-0.05, 0) is 24.3 Å². The van der Waals surface area contributed by atoms with Crippen LogP contribution < -0.4 is 21.7 Å². The van der Waals surface area contributed by atoms with E-state index in [1.807, 2.05) is 66.1 Å². The van der Waals surface area contributed by atoms with Crippen LogP contribution in [0.2, 0.25) is 0 Å². The fourth-order valence-corrected chi connectivity index (χ4v) is 1.57. The molecule has 0 aromatic heterocycles. The van der Waals surface area contributed by atoms with E-state index in [1.165, 1.54) is 0 Å². The number of nitrogens with one attached hydrogen (secondary N) is 2. The molecule has 98 valence electrons. The fraction of sp³-hybridized carbons (Fsp3) is 0. The van der Waals surface area contributed by atoms with Crippen LogP contribution in [0.5, 0.6) is 0 Å². The summed E-state index contributed by atoms with van der Waals surface area (Å²) in [6.45, 7) is 0. The second-order valence-corrected chi connectivity index (χ2v) is 3.59. The molecule has 4 N–H and O–H groups in total. The summed E-state index contributed by atoms with van der Waals surface area (Å²) in [6.07, 6.45) is 0. The second kappa shape index (κ2) is 7.65. The summed E-state index contributed by atoms with van der Waals surface area (Å²) in [5.74, 6) is 5.09. The van der Waals surface area contributed by atoms with E-state index in [0.717, 1.165) is 11.4 Å². The first-order valence-electron chi connectivity index (χ1n) is 5.48. The maximum absolute atomic E-state index is 11.4. The average molecular weight is 363 g/mol. The van der Waals surface area contributed by atoms with Crippen molar-refractivity contribution in [2.75, 3.05) is 5.01 Å². The Bertz CT molecular complexity index is 467. The second-order valence-electron chi connectivity index (χ2n) is 3.59. The zero-order chi connectivity index (χ0) is 12.8. The van der Waals surface area contributed by atoms with Gasteiger partial charge in [0.15, 0.2) is 0 Å². The Hall–Kier alpha value is -1.73. The summed E-state index contributed by atoms with van der Waals surface area (Å²) >= 11 is 0. The van der Waals surface area contributed by atoms with E-state index < -0.39 is 6.03 Å². The molecule has 0 atom stereocenters. The van der Waals surface area contributed by atoms with Crippen molar-refractivity contribution in [1.29, 1.82) is 0 Å². The Morgan fingerprint density at radius 2 is 1.32 bits per heavy atom. The molecule has 6 heteroatoms. The number of benzene rings is 2. The fourth-order valence-electron chi connectivity index (χ4n) is 1.57. The minimum absolute atomic E-state index is 0. The number of carbonyl (C=O) groups is 1. The molecule has 0 aliphatic heterocycles. The summed E-state index contributed by atoms with van der Waals surface area (Å²) in [5.41, 5.74) is 6.38. The third-order valence-electron chi connectivity index (χ3n) is 2.37. The van der Waals surface area contributed by atoms with Crippen LogP contribution in [-0.2, 0) is 0 Å². The molecule has 2 aromatic carbocycles. The van der Waals surface area contributed by atoms with Gasteiger partial charge in [-0.15, -0.1) is 0 Å². The van der Waals surface area contributed by atoms with Gasteiger partial charge >= 0.3 is 29.9 Å². The minimum atomic E-state index is -0.484. The van der Waals surface area contributed by atoms with Crippen LogP contribution in [0.3, 0.4) is 0 Å². The van der Waals surface area contributed by atoms with E-state index in [4.69, 9.17) is 5.84 Å². The van der Waals surface area contributed by atoms with Gasteiger partial charge < -0.3 is 0 Å². The molecular weight excluding hydrogens is 347 g/mol. The monoisotopic (exact) mass is 364 g/mol. The molecule has 2 radical (unpaired) electrons. The number of nitrogens with zero attached hydrogens (tertiary/aromatic N) is 1. The van der Waals surface area contributed by atoms with Crippen LogP contribution in [-0.4, -0.2) is 29.9 Å². The van der Waals surface area contributed by atoms with Crippen LogP contribution >= 0.6 is 0 Å². The number of rotatable bonds is 3. The molecule has 0 heterocycles. The van der Waals surface area contributed by atoms with Gasteiger partial charge in [0.2, 0.25) is 0 Å². The van der Waals surface area contributed by atoms with Crippen molar-refractivity contribution < 1.29 is 4.79 Å². The summed E-state index contributed by atoms with van der Waals surface area (Å²) in [7, 11) is 0. The first kappa shape index (κ1) is 15.3. The predicted molar refractivity (Wildman–Crippen MR) is 79.4 cm³/mol. The van der Waals surface area contributed by atoms with Crippen molar-refractivity contribution in [1.82, 2.24) is 10.9 Å². The normalized spacial score (nSPS) is 9.11. The van der Waals surface area contributed by atoms with Crippen LogP contribution in [0.25, 0.3) is 0 Å². The number of hydrogen-bond acceptors (Lipinski definition) is 3. The van der Waals surface area contributed by atoms with Crippen molar-refractivity contribution in [2.24, 2.45) is 5.84 Å². The van der Waals surface area contributed by atoms with Crippen molar-refractivity contribution in [3.63, 3.8) is 0 Å². The maximum atomic E-state index is 11.4. The number of anilines is 2. The van der Waals surface area contributed by atoms with Crippen LogP contribution in [0.4, 0.5) is 16.2 Å². The van der Waals surface area contributed by atoms with Gasteiger partial charge in [0.05, 0.1) is 11.4 Å². The Labute approximate surface area is 128 Å². The van der Waals surface area contributed by atoms with Crippen molar-refractivity contribution in [3.05, 3.63) is 60.7 Å². The van der Waals surface area contributed by atoms with Gasteiger partial charge in [-0.1, -0.05) is 36.4 Å². The average Bonchev–Trinajstić information content (AvgIpc) is 2.46. The van der Waals surface area contributed by atoms with E-state index in [0.29, 0.717) is 0 Å². The number of nitrogens with two attached hydrogens (primary N) is 1. The molecule has 0 aliphatic rings. The van der Waals surface area contributed by atoms with E-state index in [-0.39, 0.29) is 23.9 Å². The number of para-hydroxylation sites is 2. The molecule has 0 saturated heterocycles. The van der Waals surface area contributed by atoms with E-state index in [1.54, 1.807) is 5.01 Å². The predicted octanol–water partition coefficient (Wildman–Crippen LogP) is 0.996. The number of hydrogen-bond donors (Lipinski definition) is 3. The molecule has 0 spiro atoms. The van der Waals surface area contributed by atoms with Crippen molar-refractivity contribution >= 4 is 41.3 Å². The zero-order valence-electron chi connectivity index (χ0n) is 10.4. The standard InChI is InChI=1S/C13H14N4O.Sn.2H/c14-15-13(18)16-17(11-7-3-1-4-8-11)12-9-5-2-6-10-12;;;/h1-10H,14H2,(H2,15,16,18);;;. The van der Waals surface area contributed by atoms with Gasteiger partial charge in [0.25, 0.3) is 0 Å². The zero-order valence-corrected chi connectivity index (χ0v) is 14.4. The molecule has 2 aromatic rings. The number of urea groups is 1. The molecule has 0 bridgehead atoms. The Balaban J connectivity index is 0.00000180. The summed E-state index contributed by atoms with van der Waals surface area (Å²) < 4.78 is 0. The van der Waals surface area contributed by atoms with Gasteiger partial charge in [-0.2, -0.15) is 0 Å². The molecule has 2 amide bonds. The Morgan fingerprint density at radius 3 is 1.68 bits per heavy atom. The molecule has 5 nitrogen and oxygen atoms in total. The van der Waals surface area contributed by atoms with E-state index in [2.05, 4.69) is 5.43 Å². The summed E-state index contributed by atoms with van der Waals surface area (Å²) in [6, 6.07) is 18.5. The topological polar surface area (TPSA) is 70.4 Å². The molecular formula is C13H16N4OSn. The number of hydrazine groups is 2. The third-order valence-corrected chi connectivity index (χ3v) is 2.37. The third kappa shape index (κ3) is 4.14.